The highest BCUT2D eigenvalue weighted by molar-refractivity contribution is 9.10. The van der Waals surface area contributed by atoms with Gasteiger partial charge in [0.2, 0.25) is 0 Å². The van der Waals surface area contributed by atoms with Crippen LogP contribution in [0.4, 0.5) is 16.2 Å². The number of carbonyl (C=O) groups is 3. The summed E-state index contributed by atoms with van der Waals surface area (Å²) in [5, 5.41) is 23.5. The van der Waals surface area contributed by atoms with Crippen molar-refractivity contribution in [2.75, 3.05) is 4.90 Å². The molecule has 0 bridgehead atoms. The molecular formula is C17H9BrClN3O6. The van der Waals surface area contributed by atoms with Crippen LogP contribution in [0, 0.1) is 10.1 Å². The minimum absolute atomic E-state index is 0.00264. The Morgan fingerprint density at radius 1 is 1.18 bits per heavy atom. The van der Waals surface area contributed by atoms with Gasteiger partial charge < -0.3 is 5.11 Å². The van der Waals surface area contributed by atoms with Crippen molar-refractivity contribution in [3.8, 4) is 5.75 Å². The maximum atomic E-state index is 12.8. The Bertz CT molecular complexity index is 1070. The number of nitro groups is 1. The predicted octanol–water partition coefficient (Wildman–Crippen LogP) is 3.38. The number of nitro benzene ring substituents is 1. The van der Waals surface area contributed by atoms with Gasteiger partial charge in [-0.3, -0.25) is 25.0 Å². The van der Waals surface area contributed by atoms with E-state index in [9.17, 15) is 29.6 Å². The average molecular weight is 467 g/mol. The summed E-state index contributed by atoms with van der Waals surface area (Å²) < 4.78 is 0.00264. The zero-order chi connectivity index (χ0) is 20.6. The second-order valence-electron chi connectivity index (χ2n) is 5.56. The number of barbiturate groups is 1. The molecule has 1 saturated heterocycles. The molecule has 2 aromatic carbocycles. The third-order valence-electron chi connectivity index (χ3n) is 3.77. The van der Waals surface area contributed by atoms with Gasteiger partial charge in [-0.25, -0.2) is 9.69 Å². The fourth-order valence-electron chi connectivity index (χ4n) is 2.46. The summed E-state index contributed by atoms with van der Waals surface area (Å²) >= 11 is 8.78. The van der Waals surface area contributed by atoms with Gasteiger partial charge in [0.15, 0.2) is 0 Å². The van der Waals surface area contributed by atoms with Crippen LogP contribution in [-0.2, 0) is 9.59 Å². The highest BCUT2D eigenvalue weighted by Crippen LogP contribution is 2.34. The van der Waals surface area contributed by atoms with Crippen LogP contribution in [0.5, 0.6) is 5.75 Å². The van der Waals surface area contributed by atoms with Crippen LogP contribution in [0.2, 0.25) is 5.02 Å². The second kappa shape index (κ2) is 7.41. The van der Waals surface area contributed by atoms with Crippen molar-refractivity contribution >= 4 is 62.8 Å². The molecule has 142 valence electrons. The number of rotatable bonds is 3. The van der Waals surface area contributed by atoms with Gasteiger partial charge in [0.1, 0.15) is 11.3 Å². The molecule has 1 aliphatic rings. The highest BCUT2D eigenvalue weighted by atomic mass is 79.9. The monoisotopic (exact) mass is 465 g/mol. The Balaban J connectivity index is 2.09. The molecule has 0 aromatic heterocycles. The summed E-state index contributed by atoms with van der Waals surface area (Å²) in [6.07, 6.45) is 0.972. The number of imide groups is 2. The summed E-state index contributed by atoms with van der Waals surface area (Å²) in [7, 11) is 0. The lowest BCUT2D eigenvalue weighted by molar-refractivity contribution is -0.385. The normalized spacial score (nSPS) is 15.7. The molecule has 2 N–H and O–H groups in total. The summed E-state index contributed by atoms with van der Waals surface area (Å²) in [4.78, 5) is 48.1. The van der Waals surface area contributed by atoms with Crippen LogP contribution in [0.3, 0.4) is 0 Å². The van der Waals surface area contributed by atoms with Crippen LogP contribution < -0.4 is 10.2 Å². The molecule has 0 saturated carbocycles. The Morgan fingerprint density at radius 2 is 1.82 bits per heavy atom. The molecule has 1 fully saturated rings. The van der Waals surface area contributed by atoms with Crippen molar-refractivity contribution in [1.82, 2.24) is 5.32 Å². The number of carbonyl (C=O) groups excluding carboxylic acids is 3. The zero-order valence-corrected chi connectivity index (χ0v) is 16.0. The van der Waals surface area contributed by atoms with Crippen LogP contribution >= 0.6 is 27.5 Å². The Morgan fingerprint density at radius 3 is 2.43 bits per heavy atom. The number of benzene rings is 2. The van der Waals surface area contributed by atoms with E-state index >= 15 is 0 Å². The molecule has 3 rings (SSSR count). The maximum absolute atomic E-state index is 12.8. The third kappa shape index (κ3) is 3.59. The second-order valence-corrected chi connectivity index (χ2v) is 6.85. The fourth-order valence-corrected chi connectivity index (χ4v) is 3.05. The molecule has 0 aliphatic carbocycles. The first-order valence-electron chi connectivity index (χ1n) is 7.53. The molecule has 0 radical (unpaired) electrons. The first-order chi connectivity index (χ1) is 13.2. The summed E-state index contributed by atoms with van der Waals surface area (Å²) in [5.74, 6) is -2.37. The standard InChI is InChI=1S/C17H9BrClN3O6/c18-13-7-11(22(27)28)5-8(14(13)23)6-12-15(24)20-17(26)21(16(12)25)10-3-1-9(19)2-4-10/h1-7,23H,(H,20,24,26)/b12-6+. The number of phenols is 1. The van der Waals surface area contributed by atoms with Gasteiger partial charge in [0.25, 0.3) is 17.5 Å². The van der Waals surface area contributed by atoms with Gasteiger partial charge in [-0.15, -0.1) is 0 Å². The molecule has 0 unspecified atom stereocenters. The quantitative estimate of drug-likeness (QED) is 0.309. The molecule has 1 heterocycles. The number of anilines is 1. The van der Waals surface area contributed by atoms with Gasteiger partial charge in [0.05, 0.1) is 15.1 Å². The number of hydrogen-bond donors (Lipinski definition) is 2. The number of hydrogen-bond acceptors (Lipinski definition) is 6. The largest absolute Gasteiger partial charge is 0.506 e. The Kier molecular flexibility index (Phi) is 5.16. The minimum atomic E-state index is -0.998. The van der Waals surface area contributed by atoms with E-state index in [1.165, 1.54) is 24.3 Å². The number of non-ortho nitro benzene ring substituents is 1. The molecule has 28 heavy (non-hydrogen) atoms. The molecule has 0 spiro atoms. The molecule has 9 nitrogen and oxygen atoms in total. The molecule has 0 atom stereocenters. The van der Waals surface area contributed by atoms with Crippen molar-refractivity contribution in [1.29, 1.82) is 0 Å². The van der Waals surface area contributed by atoms with E-state index in [1.807, 2.05) is 5.32 Å². The van der Waals surface area contributed by atoms with Crippen LogP contribution in [0.15, 0.2) is 46.4 Å². The number of nitrogens with zero attached hydrogens (tertiary/aromatic N) is 2. The molecule has 11 heteroatoms. The van der Waals surface area contributed by atoms with Crippen molar-refractivity contribution < 1.29 is 24.4 Å². The highest BCUT2D eigenvalue weighted by Gasteiger charge is 2.37. The zero-order valence-electron chi connectivity index (χ0n) is 13.7. The lowest BCUT2D eigenvalue weighted by Gasteiger charge is -2.26. The predicted molar refractivity (Wildman–Crippen MR) is 103 cm³/mol. The topological polar surface area (TPSA) is 130 Å². The number of amides is 4. The number of halogens is 2. The minimum Gasteiger partial charge on any atom is -0.506 e. The average Bonchev–Trinajstić information content (AvgIpc) is 2.63. The van der Waals surface area contributed by atoms with E-state index < -0.39 is 34.1 Å². The molecule has 2 aromatic rings. The van der Waals surface area contributed by atoms with Crippen molar-refractivity contribution in [2.24, 2.45) is 0 Å². The number of urea groups is 1. The van der Waals surface area contributed by atoms with E-state index in [0.29, 0.717) is 9.92 Å². The number of aromatic hydroxyl groups is 1. The van der Waals surface area contributed by atoms with Crippen LogP contribution in [0.1, 0.15) is 5.56 Å². The van der Waals surface area contributed by atoms with E-state index in [0.717, 1.165) is 18.2 Å². The summed E-state index contributed by atoms with van der Waals surface area (Å²) in [5.41, 5.74) is -0.845. The number of phenolic OH excluding ortho intramolecular Hbond substituents is 1. The van der Waals surface area contributed by atoms with Crippen molar-refractivity contribution in [3.05, 3.63) is 67.1 Å². The lowest BCUT2D eigenvalue weighted by Crippen LogP contribution is -2.54. The Hall–Kier alpha value is -3.24. The summed E-state index contributed by atoms with van der Waals surface area (Å²) in [6, 6.07) is 6.85. The fraction of sp³-hybridized carbons (Fsp3) is 0. The Labute approximate surface area is 170 Å². The molecular weight excluding hydrogens is 458 g/mol. The number of nitrogens with one attached hydrogen (secondary N) is 1. The van der Waals surface area contributed by atoms with Gasteiger partial charge >= 0.3 is 6.03 Å². The lowest BCUT2D eigenvalue weighted by atomic mass is 10.1. The van der Waals surface area contributed by atoms with Gasteiger partial charge in [-0.2, -0.15) is 0 Å². The third-order valence-corrected chi connectivity index (χ3v) is 4.63. The van der Waals surface area contributed by atoms with Gasteiger partial charge in [-0.05, 0) is 46.3 Å². The SMILES string of the molecule is O=C1NC(=O)N(c2ccc(Cl)cc2)C(=O)/C1=C/c1cc([N+](=O)[O-])cc(Br)c1O. The first kappa shape index (κ1) is 19.5. The van der Waals surface area contributed by atoms with E-state index in [-0.39, 0.29) is 21.4 Å². The molecule has 1 aliphatic heterocycles. The van der Waals surface area contributed by atoms with E-state index in [2.05, 4.69) is 15.9 Å². The van der Waals surface area contributed by atoms with Gasteiger partial charge in [-0.1, -0.05) is 11.6 Å². The van der Waals surface area contributed by atoms with Crippen molar-refractivity contribution in [3.63, 3.8) is 0 Å². The van der Waals surface area contributed by atoms with E-state index in [4.69, 9.17) is 11.6 Å². The van der Waals surface area contributed by atoms with Gasteiger partial charge in [0, 0.05) is 22.7 Å². The molecule has 4 amide bonds. The summed E-state index contributed by atoms with van der Waals surface area (Å²) in [6.45, 7) is 0. The first-order valence-corrected chi connectivity index (χ1v) is 8.70. The van der Waals surface area contributed by atoms with E-state index in [1.54, 1.807) is 0 Å². The maximum Gasteiger partial charge on any atom is 0.335 e. The van der Waals surface area contributed by atoms with Crippen LogP contribution in [0.25, 0.3) is 6.08 Å². The smallest absolute Gasteiger partial charge is 0.335 e. The van der Waals surface area contributed by atoms with Crippen molar-refractivity contribution in [2.45, 2.75) is 0 Å². The van der Waals surface area contributed by atoms with Crippen LogP contribution in [-0.4, -0.2) is 27.9 Å².